The molecular weight excluding hydrogens is 352 g/mol. The molecule has 0 saturated carbocycles. The van der Waals surface area contributed by atoms with E-state index >= 15 is 0 Å². The minimum Gasteiger partial charge on any atom is -0.356 e. The van der Waals surface area contributed by atoms with Crippen LogP contribution in [0.2, 0.25) is 5.15 Å². The van der Waals surface area contributed by atoms with E-state index in [4.69, 9.17) is 16.3 Å². The molecule has 2 aromatic heterocycles. The molecule has 90 valence electrons. The van der Waals surface area contributed by atoms with Crippen LogP contribution < -0.4 is 0 Å². The molecule has 0 amide bonds. The highest BCUT2D eigenvalue weighted by atomic mass is 127. The van der Waals surface area contributed by atoms with Crippen molar-refractivity contribution in [3.63, 3.8) is 0 Å². The average molecular weight is 364 g/mol. The van der Waals surface area contributed by atoms with Crippen LogP contribution in [0.3, 0.4) is 0 Å². The standard InChI is InChI=1S/C11H11ClIN3O/c12-10-9-7(4-5-14-10)11(13)15-16(9)8-3-1-2-6-17-8/h4-5,8H,1-3,6H2. The summed E-state index contributed by atoms with van der Waals surface area (Å²) in [7, 11) is 0. The molecule has 0 N–H and O–H groups in total. The number of hydrogen-bond donors (Lipinski definition) is 0. The second kappa shape index (κ2) is 4.70. The Labute approximate surface area is 117 Å². The molecule has 0 aromatic carbocycles. The predicted molar refractivity (Wildman–Crippen MR) is 74.1 cm³/mol. The fraction of sp³-hybridized carbons (Fsp3) is 0.455. The zero-order valence-corrected chi connectivity index (χ0v) is 12.0. The first-order chi connectivity index (χ1) is 8.27. The van der Waals surface area contributed by atoms with Gasteiger partial charge < -0.3 is 4.74 Å². The maximum atomic E-state index is 6.16. The summed E-state index contributed by atoms with van der Waals surface area (Å²) in [5, 5.41) is 6.06. The molecule has 0 radical (unpaired) electrons. The molecule has 1 atom stereocenters. The van der Waals surface area contributed by atoms with Crippen LogP contribution in [0, 0.1) is 3.70 Å². The highest BCUT2D eigenvalue weighted by Gasteiger charge is 2.21. The van der Waals surface area contributed by atoms with Gasteiger partial charge in [-0.1, -0.05) is 11.6 Å². The largest absolute Gasteiger partial charge is 0.356 e. The predicted octanol–water partition coefficient (Wildman–Crippen LogP) is 3.39. The fourth-order valence-corrected chi connectivity index (χ4v) is 3.05. The van der Waals surface area contributed by atoms with Gasteiger partial charge in [-0.3, -0.25) is 0 Å². The number of rotatable bonds is 1. The molecule has 1 fully saturated rings. The van der Waals surface area contributed by atoms with Gasteiger partial charge in [0.15, 0.2) is 11.4 Å². The van der Waals surface area contributed by atoms with Gasteiger partial charge in [0.2, 0.25) is 0 Å². The Morgan fingerprint density at radius 3 is 3.12 bits per heavy atom. The van der Waals surface area contributed by atoms with Crippen molar-refractivity contribution >= 4 is 45.1 Å². The van der Waals surface area contributed by atoms with E-state index in [0.717, 1.165) is 34.1 Å². The molecular formula is C11H11ClIN3O. The van der Waals surface area contributed by atoms with Gasteiger partial charge in [-0.25, -0.2) is 9.67 Å². The van der Waals surface area contributed by atoms with Crippen molar-refractivity contribution in [1.29, 1.82) is 0 Å². The van der Waals surface area contributed by atoms with E-state index in [1.165, 1.54) is 6.42 Å². The van der Waals surface area contributed by atoms with Gasteiger partial charge in [-0.15, -0.1) is 0 Å². The molecule has 3 heterocycles. The molecule has 1 saturated heterocycles. The minimum atomic E-state index is -0.00327. The molecule has 0 spiro atoms. The summed E-state index contributed by atoms with van der Waals surface area (Å²) in [5.41, 5.74) is 0.880. The molecule has 4 nitrogen and oxygen atoms in total. The van der Waals surface area contributed by atoms with Gasteiger partial charge in [0.25, 0.3) is 0 Å². The summed E-state index contributed by atoms with van der Waals surface area (Å²) < 4.78 is 8.57. The summed E-state index contributed by atoms with van der Waals surface area (Å²) >= 11 is 8.38. The molecule has 0 bridgehead atoms. The Morgan fingerprint density at radius 1 is 1.47 bits per heavy atom. The van der Waals surface area contributed by atoms with Gasteiger partial charge in [0, 0.05) is 18.2 Å². The molecule has 1 aliphatic heterocycles. The molecule has 3 rings (SSSR count). The summed E-state index contributed by atoms with van der Waals surface area (Å²) in [6.07, 6.45) is 4.98. The van der Waals surface area contributed by atoms with Gasteiger partial charge >= 0.3 is 0 Å². The lowest BCUT2D eigenvalue weighted by Crippen LogP contribution is -2.19. The first kappa shape index (κ1) is 11.7. The zero-order chi connectivity index (χ0) is 11.8. The third kappa shape index (κ3) is 2.04. The Hall–Kier alpha value is -0.400. The monoisotopic (exact) mass is 363 g/mol. The van der Waals surface area contributed by atoms with E-state index < -0.39 is 0 Å². The van der Waals surface area contributed by atoms with Crippen LogP contribution in [0.5, 0.6) is 0 Å². The second-order valence-electron chi connectivity index (χ2n) is 4.05. The summed E-state index contributed by atoms with van der Waals surface area (Å²) in [6, 6.07) is 1.94. The van der Waals surface area contributed by atoms with E-state index in [1.807, 2.05) is 10.7 Å². The van der Waals surface area contributed by atoms with E-state index in [0.29, 0.717) is 5.15 Å². The van der Waals surface area contributed by atoms with E-state index in [2.05, 4.69) is 32.7 Å². The van der Waals surface area contributed by atoms with Crippen LogP contribution in [0.4, 0.5) is 0 Å². The number of nitrogens with zero attached hydrogens (tertiary/aromatic N) is 3. The molecule has 17 heavy (non-hydrogen) atoms. The topological polar surface area (TPSA) is 39.9 Å². The highest BCUT2D eigenvalue weighted by Crippen LogP contribution is 2.31. The van der Waals surface area contributed by atoms with Crippen LogP contribution in [0.15, 0.2) is 12.3 Å². The molecule has 0 aliphatic carbocycles. The molecule has 6 heteroatoms. The van der Waals surface area contributed by atoms with E-state index in [1.54, 1.807) is 6.20 Å². The average Bonchev–Trinajstić information content (AvgIpc) is 2.70. The van der Waals surface area contributed by atoms with E-state index in [9.17, 15) is 0 Å². The third-order valence-electron chi connectivity index (χ3n) is 2.95. The Morgan fingerprint density at radius 2 is 2.35 bits per heavy atom. The Bertz CT molecular complexity index is 551. The first-order valence-electron chi connectivity index (χ1n) is 5.57. The van der Waals surface area contributed by atoms with Crippen molar-refractivity contribution in [2.45, 2.75) is 25.5 Å². The minimum absolute atomic E-state index is 0.00327. The summed E-state index contributed by atoms with van der Waals surface area (Å²) in [6.45, 7) is 0.792. The highest BCUT2D eigenvalue weighted by molar-refractivity contribution is 14.1. The summed E-state index contributed by atoms with van der Waals surface area (Å²) in [4.78, 5) is 4.12. The fourth-order valence-electron chi connectivity index (χ4n) is 2.14. The lowest BCUT2D eigenvalue weighted by Gasteiger charge is -2.23. The van der Waals surface area contributed by atoms with Crippen LogP contribution in [0.1, 0.15) is 25.5 Å². The van der Waals surface area contributed by atoms with E-state index in [-0.39, 0.29) is 6.23 Å². The quantitative estimate of drug-likeness (QED) is 0.576. The van der Waals surface area contributed by atoms with Crippen molar-refractivity contribution in [2.75, 3.05) is 6.61 Å². The lowest BCUT2D eigenvalue weighted by molar-refractivity contribution is -0.0368. The van der Waals surface area contributed by atoms with Crippen molar-refractivity contribution in [3.8, 4) is 0 Å². The van der Waals surface area contributed by atoms with Crippen molar-refractivity contribution in [1.82, 2.24) is 14.8 Å². The molecule has 1 unspecified atom stereocenters. The van der Waals surface area contributed by atoms with Crippen LogP contribution in [0.25, 0.3) is 10.9 Å². The Balaban J connectivity index is 2.15. The van der Waals surface area contributed by atoms with Crippen molar-refractivity contribution in [3.05, 3.63) is 21.1 Å². The van der Waals surface area contributed by atoms with Crippen LogP contribution in [-0.4, -0.2) is 21.4 Å². The summed E-state index contributed by atoms with van der Waals surface area (Å²) in [5.74, 6) is 0. The SMILES string of the molecule is Clc1nccc2c(I)nn(C3CCCCO3)c12. The van der Waals surface area contributed by atoms with Gasteiger partial charge in [0.05, 0.1) is 0 Å². The zero-order valence-electron chi connectivity index (χ0n) is 9.07. The van der Waals surface area contributed by atoms with Crippen molar-refractivity contribution in [2.24, 2.45) is 0 Å². The van der Waals surface area contributed by atoms with Crippen LogP contribution in [-0.2, 0) is 4.74 Å². The van der Waals surface area contributed by atoms with Crippen LogP contribution >= 0.6 is 34.2 Å². The van der Waals surface area contributed by atoms with Gasteiger partial charge in [-0.05, 0) is 47.9 Å². The molecule has 1 aliphatic rings. The first-order valence-corrected chi connectivity index (χ1v) is 7.03. The number of aromatic nitrogens is 3. The number of pyridine rings is 1. The lowest BCUT2D eigenvalue weighted by atomic mass is 10.2. The van der Waals surface area contributed by atoms with Gasteiger partial charge in [-0.2, -0.15) is 5.10 Å². The third-order valence-corrected chi connectivity index (χ3v) is 4.03. The van der Waals surface area contributed by atoms with Gasteiger partial charge in [0.1, 0.15) is 9.22 Å². The van der Waals surface area contributed by atoms with Crippen molar-refractivity contribution < 1.29 is 4.74 Å². The number of halogens is 2. The maximum Gasteiger partial charge on any atom is 0.155 e. The Kier molecular flexibility index (Phi) is 3.23. The maximum absolute atomic E-state index is 6.16. The smallest absolute Gasteiger partial charge is 0.155 e. The molecule has 2 aromatic rings. The second-order valence-corrected chi connectivity index (χ2v) is 5.43. The number of hydrogen-bond acceptors (Lipinski definition) is 3. The number of fused-ring (bicyclic) bond motifs is 1. The number of ether oxygens (including phenoxy) is 1. The normalized spacial score (nSPS) is 20.9.